The highest BCUT2D eigenvalue weighted by atomic mass is 32.2. The van der Waals surface area contributed by atoms with E-state index >= 15 is 4.39 Å². The van der Waals surface area contributed by atoms with Gasteiger partial charge in [-0.3, -0.25) is 4.79 Å². The topological polar surface area (TPSA) is 144 Å². The van der Waals surface area contributed by atoms with Crippen LogP contribution in [0.4, 0.5) is 20.3 Å². The minimum Gasteiger partial charge on any atom is -0.398 e. The number of pyridine rings is 2. The molecule has 43 heavy (non-hydrogen) atoms. The lowest BCUT2D eigenvalue weighted by Crippen LogP contribution is -2.54. The van der Waals surface area contributed by atoms with E-state index in [9.17, 15) is 22.4 Å². The van der Waals surface area contributed by atoms with E-state index in [4.69, 9.17) is 5.73 Å². The molecule has 0 unspecified atom stereocenters. The van der Waals surface area contributed by atoms with E-state index in [-0.39, 0.29) is 70.4 Å². The van der Waals surface area contributed by atoms with Crippen LogP contribution in [0, 0.1) is 11.6 Å². The molecule has 1 atom stereocenters. The summed E-state index contributed by atoms with van der Waals surface area (Å²) in [5, 5.41) is -0.895. The number of fused-ring (bicyclic) bond motifs is 1. The first-order chi connectivity index (χ1) is 20.5. The van der Waals surface area contributed by atoms with Crippen molar-refractivity contribution in [2.75, 3.05) is 30.3 Å². The van der Waals surface area contributed by atoms with E-state index in [2.05, 4.69) is 21.5 Å². The number of nitrogens with zero attached hydrogens (tertiary/aromatic N) is 6. The molecular weight excluding hydrogens is 580 g/mol. The van der Waals surface area contributed by atoms with Gasteiger partial charge < -0.3 is 15.5 Å². The van der Waals surface area contributed by atoms with Crippen LogP contribution in [0.5, 0.6) is 0 Å². The molecule has 1 aliphatic heterocycles. The molecule has 1 saturated carbocycles. The van der Waals surface area contributed by atoms with E-state index in [0.717, 1.165) is 16.7 Å². The molecule has 2 N–H and O–H groups in total. The van der Waals surface area contributed by atoms with Crippen LogP contribution in [0.2, 0.25) is 0 Å². The number of nitrogens with two attached hydrogens (primary N) is 1. The Morgan fingerprint density at radius 3 is 2.56 bits per heavy atom. The van der Waals surface area contributed by atoms with Gasteiger partial charge in [0.1, 0.15) is 17.3 Å². The summed E-state index contributed by atoms with van der Waals surface area (Å²) in [6.45, 7) is 6.17. The Kier molecular flexibility index (Phi) is 6.95. The number of anilines is 2. The second kappa shape index (κ2) is 10.5. The normalized spacial score (nSPS) is 17.3. The first-order valence-corrected chi connectivity index (χ1v) is 15.1. The standard InChI is InChI=1S/C29H27F2N7O4S/c1-3-23(39)36-12-13-37(16(2)15-36)26-18-14-20(31)25(24-19(30)6-4-7-21(24)32)34-27(18)38(29(40)35-26)22-8-5-11-33-28(22)43(41,42)17-9-10-17/h3-8,11,14,16-17H,1,9-10,12-13,15,32H2,2H3/t16-/m0/s1. The minimum atomic E-state index is -3.91. The molecule has 6 rings (SSSR count). The summed E-state index contributed by atoms with van der Waals surface area (Å²) in [4.78, 5) is 42.2. The van der Waals surface area contributed by atoms with Gasteiger partial charge in [-0.2, -0.15) is 4.98 Å². The molecule has 2 fully saturated rings. The second-order valence-electron chi connectivity index (χ2n) is 10.6. The number of amides is 1. The van der Waals surface area contributed by atoms with Crippen molar-refractivity contribution in [3.8, 4) is 16.9 Å². The van der Waals surface area contributed by atoms with Crippen LogP contribution in [-0.4, -0.2) is 69.7 Å². The average molecular weight is 608 g/mol. The molecule has 0 bridgehead atoms. The smallest absolute Gasteiger partial charge is 0.355 e. The Balaban J connectivity index is 1.64. The largest absolute Gasteiger partial charge is 0.398 e. The van der Waals surface area contributed by atoms with Crippen molar-refractivity contribution >= 4 is 38.3 Å². The predicted octanol–water partition coefficient (Wildman–Crippen LogP) is 2.86. The monoisotopic (exact) mass is 607 g/mol. The summed E-state index contributed by atoms with van der Waals surface area (Å²) in [6, 6.07) is 7.46. The molecule has 2 aliphatic rings. The van der Waals surface area contributed by atoms with E-state index in [0.29, 0.717) is 12.8 Å². The van der Waals surface area contributed by atoms with Gasteiger partial charge in [-0.25, -0.2) is 36.5 Å². The van der Waals surface area contributed by atoms with Crippen LogP contribution in [0.1, 0.15) is 19.8 Å². The second-order valence-corrected chi connectivity index (χ2v) is 12.7. The Labute approximate surface area is 245 Å². The Morgan fingerprint density at radius 2 is 1.88 bits per heavy atom. The van der Waals surface area contributed by atoms with Gasteiger partial charge in [-0.15, -0.1) is 0 Å². The summed E-state index contributed by atoms with van der Waals surface area (Å²) in [5.74, 6) is -1.92. The van der Waals surface area contributed by atoms with Crippen molar-refractivity contribution in [2.24, 2.45) is 0 Å². The molecule has 1 amide bonds. The van der Waals surface area contributed by atoms with Crippen LogP contribution in [-0.2, 0) is 14.6 Å². The van der Waals surface area contributed by atoms with Crippen molar-refractivity contribution in [1.29, 1.82) is 0 Å². The number of hydrogen-bond acceptors (Lipinski definition) is 9. The number of benzene rings is 1. The van der Waals surface area contributed by atoms with Crippen LogP contribution in [0.15, 0.2) is 65.1 Å². The molecule has 0 spiro atoms. The fourth-order valence-electron chi connectivity index (χ4n) is 5.42. The highest BCUT2D eigenvalue weighted by Gasteiger charge is 2.40. The maximum Gasteiger partial charge on any atom is 0.355 e. The Morgan fingerprint density at radius 1 is 1.12 bits per heavy atom. The minimum absolute atomic E-state index is 0.0738. The van der Waals surface area contributed by atoms with Gasteiger partial charge in [0.2, 0.25) is 15.7 Å². The highest BCUT2D eigenvalue weighted by Crippen LogP contribution is 2.37. The fourth-order valence-corrected chi connectivity index (χ4v) is 7.15. The van der Waals surface area contributed by atoms with E-state index < -0.39 is 38.1 Å². The van der Waals surface area contributed by atoms with Gasteiger partial charge in [-0.1, -0.05) is 12.6 Å². The first-order valence-electron chi connectivity index (χ1n) is 13.6. The molecule has 1 saturated heterocycles. The summed E-state index contributed by atoms with van der Waals surface area (Å²) in [5.41, 5.74) is 4.01. The zero-order valence-electron chi connectivity index (χ0n) is 23.1. The van der Waals surface area contributed by atoms with Crippen molar-refractivity contribution in [3.63, 3.8) is 0 Å². The Hall–Kier alpha value is -4.72. The lowest BCUT2D eigenvalue weighted by atomic mass is 10.1. The molecule has 4 heterocycles. The van der Waals surface area contributed by atoms with E-state index in [1.54, 1.807) is 9.80 Å². The molecule has 1 aliphatic carbocycles. The molecule has 4 aromatic rings. The third-order valence-electron chi connectivity index (χ3n) is 7.69. The number of halogens is 2. The van der Waals surface area contributed by atoms with Crippen LogP contribution in [0.3, 0.4) is 0 Å². The fraction of sp³-hybridized carbons (Fsp3) is 0.276. The summed E-state index contributed by atoms with van der Waals surface area (Å²) >= 11 is 0. The number of piperazine rings is 1. The van der Waals surface area contributed by atoms with Gasteiger partial charge in [0, 0.05) is 37.6 Å². The van der Waals surface area contributed by atoms with Gasteiger partial charge in [-0.05, 0) is 56.2 Å². The molecule has 14 heteroatoms. The number of carbonyl (C=O) groups is 1. The van der Waals surface area contributed by atoms with Crippen molar-refractivity contribution < 1.29 is 22.0 Å². The lowest BCUT2D eigenvalue weighted by molar-refractivity contribution is -0.126. The zero-order valence-corrected chi connectivity index (χ0v) is 23.9. The number of sulfone groups is 1. The average Bonchev–Trinajstić information content (AvgIpc) is 3.84. The predicted molar refractivity (Wildman–Crippen MR) is 156 cm³/mol. The maximum atomic E-state index is 15.9. The van der Waals surface area contributed by atoms with Crippen molar-refractivity contribution in [2.45, 2.75) is 36.1 Å². The van der Waals surface area contributed by atoms with Gasteiger partial charge in [0.05, 0.1) is 21.9 Å². The van der Waals surface area contributed by atoms with Gasteiger partial charge in [0.15, 0.2) is 16.5 Å². The molecular formula is C29H27F2N7O4S. The first kappa shape index (κ1) is 28.4. The third-order valence-corrected chi connectivity index (χ3v) is 9.90. The molecule has 11 nitrogen and oxygen atoms in total. The quantitative estimate of drug-likeness (QED) is 0.258. The van der Waals surface area contributed by atoms with Gasteiger partial charge in [0.25, 0.3) is 0 Å². The summed E-state index contributed by atoms with van der Waals surface area (Å²) in [6.07, 6.45) is 3.44. The summed E-state index contributed by atoms with van der Waals surface area (Å²) < 4.78 is 58.5. The van der Waals surface area contributed by atoms with Crippen LogP contribution < -0.4 is 16.3 Å². The lowest BCUT2D eigenvalue weighted by Gasteiger charge is -2.40. The van der Waals surface area contributed by atoms with Gasteiger partial charge >= 0.3 is 5.69 Å². The van der Waals surface area contributed by atoms with E-state index in [1.165, 1.54) is 36.5 Å². The number of nitrogen functional groups attached to an aromatic ring is 1. The molecule has 1 aromatic carbocycles. The molecule has 0 radical (unpaired) electrons. The van der Waals surface area contributed by atoms with Crippen molar-refractivity contribution in [3.05, 3.63) is 77.4 Å². The molecule has 3 aromatic heterocycles. The Bertz CT molecular complexity index is 1960. The van der Waals surface area contributed by atoms with Crippen LogP contribution >= 0.6 is 0 Å². The number of aromatic nitrogens is 4. The number of carbonyl (C=O) groups excluding carboxylic acids is 1. The number of hydrogen-bond donors (Lipinski definition) is 1. The third kappa shape index (κ3) is 4.80. The summed E-state index contributed by atoms with van der Waals surface area (Å²) in [7, 11) is -3.91. The van der Waals surface area contributed by atoms with E-state index in [1.807, 2.05) is 6.92 Å². The molecule has 222 valence electrons. The zero-order chi connectivity index (χ0) is 30.6. The highest BCUT2D eigenvalue weighted by molar-refractivity contribution is 7.92. The maximum absolute atomic E-state index is 15.9. The van der Waals surface area contributed by atoms with Crippen molar-refractivity contribution in [1.82, 2.24) is 24.4 Å². The SMILES string of the molecule is C=CC(=O)N1CCN(c2nc(=O)n(-c3cccnc3S(=O)(=O)C3CC3)c3nc(-c4c(N)cccc4F)c(F)cc23)[C@@H](C)C1. The number of rotatable bonds is 6. The van der Waals surface area contributed by atoms with Crippen LogP contribution in [0.25, 0.3) is 28.0 Å².